The molecule has 0 amide bonds. The Hall–Kier alpha value is -1.71. The van der Waals surface area contributed by atoms with Gasteiger partial charge in [-0.25, -0.2) is 9.38 Å². The van der Waals surface area contributed by atoms with Gasteiger partial charge in [0.25, 0.3) is 0 Å². The molecule has 76 valence electrons. The highest BCUT2D eigenvalue weighted by atomic mass is 19.1. The maximum Gasteiger partial charge on any atom is 0.129 e. The quantitative estimate of drug-likeness (QED) is 0.635. The lowest BCUT2D eigenvalue weighted by Gasteiger charge is -2.30. The Morgan fingerprint density at radius 2 is 2.33 bits per heavy atom. The SMILES string of the molecule is Fc1ccc2c(c1)C1(C=NC=N1)CCO2. The van der Waals surface area contributed by atoms with Crippen molar-refractivity contribution in [3.8, 4) is 5.75 Å². The fraction of sp³-hybridized carbons (Fsp3) is 0.273. The van der Waals surface area contributed by atoms with Crippen LogP contribution in [-0.2, 0) is 5.54 Å². The Labute approximate surface area is 86.3 Å². The molecular formula is C11H9FN2O. The molecule has 0 bridgehead atoms. The third-order valence-corrected chi connectivity index (χ3v) is 2.79. The van der Waals surface area contributed by atoms with Gasteiger partial charge in [0, 0.05) is 18.2 Å². The van der Waals surface area contributed by atoms with Gasteiger partial charge in [0.2, 0.25) is 0 Å². The van der Waals surface area contributed by atoms with E-state index >= 15 is 0 Å². The molecule has 1 aromatic carbocycles. The van der Waals surface area contributed by atoms with Gasteiger partial charge in [0.05, 0.1) is 6.61 Å². The lowest BCUT2D eigenvalue weighted by atomic mass is 9.86. The van der Waals surface area contributed by atoms with Crippen molar-refractivity contribution >= 4 is 12.6 Å². The Bertz CT molecular complexity index is 456. The maximum absolute atomic E-state index is 13.2. The molecule has 2 aliphatic heterocycles. The number of ether oxygens (including phenoxy) is 1. The van der Waals surface area contributed by atoms with Crippen LogP contribution in [0.15, 0.2) is 28.2 Å². The highest BCUT2D eigenvalue weighted by molar-refractivity contribution is 5.88. The van der Waals surface area contributed by atoms with Gasteiger partial charge in [-0.05, 0) is 18.2 Å². The number of hydrogen-bond donors (Lipinski definition) is 0. The van der Waals surface area contributed by atoms with Crippen LogP contribution in [-0.4, -0.2) is 19.2 Å². The number of rotatable bonds is 0. The summed E-state index contributed by atoms with van der Waals surface area (Å²) in [6.07, 6.45) is 3.98. The predicted octanol–water partition coefficient (Wildman–Crippen LogP) is 1.92. The lowest BCUT2D eigenvalue weighted by Crippen LogP contribution is -2.31. The topological polar surface area (TPSA) is 34.0 Å². The van der Waals surface area contributed by atoms with Crippen molar-refractivity contribution in [1.29, 1.82) is 0 Å². The second-order valence-corrected chi connectivity index (χ2v) is 3.69. The number of benzene rings is 1. The van der Waals surface area contributed by atoms with Crippen LogP contribution >= 0.6 is 0 Å². The van der Waals surface area contributed by atoms with Crippen LogP contribution < -0.4 is 4.74 Å². The van der Waals surface area contributed by atoms with Crippen molar-refractivity contribution in [3.05, 3.63) is 29.6 Å². The summed E-state index contributed by atoms with van der Waals surface area (Å²) in [5.74, 6) is 0.433. The van der Waals surface area contributed by atoms with E-state index in [2.05, 4.69) is 9.98 Å². The Morgan fingerprint density at radius 3 is 3.13 bits per heavy atom. The average molecular weight is 204 g/mol. The van der Waals surface area contributed by atoms with Crippen LogP contribution in [0.4, 0.5) is 4.39 Å². The fourth-order valence-corrected chi connectivity index (χ4v) is 2.01. The molecular weight excluding hydrogens is 195 g/mol. The molecule has 1 aromatic rings. The summed E-state index contributed by atoms with van der Waals surface area (Å²) >= 11 is 0. The van der Waals surface area contributed by atoms with Crippen LogP contribution in [0.2, 0.25) is 0 Å². The molecule has 1 atom stereocenters. The molecule has 0 saturated carbocycles. The second-order valence-electron chi connectivity index (χ2n) is 3.69. The standard InChI is InChI=1S/C11H9FN2O/c12-8-1-2-10-9(5-8)11(3-4-15-10)6-13-7-14-11/h1-2,5-7H,3-4H2. The van der Waals surface area contributed by atoms with Gasteiger partial charge >= 0.3 is 0 Å². The van der Waals surface area contributed by atoms with E-state index in [0.717, 1.165) is 5.56 Å². The van der Waals surface area contributed by atoms with Crippen LogP contribution in [0.5, 0.6) is 5.75 Å². The molecule has 0 saturated heterocycles. The maximum atomic E-state index is 13.2. The molecule has 4 heteroatoms. The Kier molecular flexibility index (Phi) is 1.65. The molecule has 15 heavy (non-hydrogen) atoms. The molecule has 0 aliphatic carbocycles. The molecule has 1 unspecified atom stereocenters. The van der Waals surface area contributed by atoms with Gasteiger partial charge in [0.1, 0.15) is 23.4 Å². The normalized spacial score (nSPS) is 26.7. The molecule has 0 fully saturated rings. The first-order valence-electron chi connectivity index (χ1n) is 4.81. The largest absolute Gasteiger partial charge is 0.493 e. The molecule has 2 heterocycles. The third kappa shape index (κ3) is 1.17. The van der Waals surface area contributed by atoms with E-state index < -0.39 is 5.54 Å². The van der Waals surface area contributed by atoms with Crippen LogP contribution in [0, 0.1) is 5.82 Å². The van der Waals surface area contributed by atoms with E-state index in [0.29, 0.717) is 18.8 Å². The van der Waals surface area contributed by atoms with E-state index in [9.17, 15) is 4.39 Å². The van der Waals surface area contributed by atoms with Crippen molar-refractivity contribution in [3.63, 3.8) is 0 Å². The van der Waals surface area contributed by atoms with E-state index in [1.54, 1.807) is 12.3 Å². The summed E-state index contributed by atoms with van der Waals surface area (Å²) in [5, 5.41) is 0. The monoisotopic (exact) mass is 204 g/mol. The van der Waals surface area contributed by atoms with Crippen molar-refractivity contribution < 1.29 is 9.13 Å². The number of hydrogen-bond acceptors (Lipinski definition) is 3. The molecule has 3 rings (SSSR count). The highest BCUT2D eigenvalue weighted by Gasteiger charge is 2.37. The average Bonchev–Trinajstić information content (AvgIpc) is 2.69. The molecule has 0 N–H and O–H groups in total. The van der Waals surface area contributed by atoms with Crippen LogP contribution in [0.25, 0.3) is 0 Å². The Morgan fingerprint density at radius 1 is 1.40 bits per heavy atom. The van der Waals surface area contributed by atoms with Gasteiger partial charge in [0.15, 0.2) is 0 Å². The summed E-state index contributed by atoms with van der Waals surface area (Å²) in [5.41, 5.74) is 0.279. The van der Waals surface area contributed by atoms with Gasteiger partial charge in [-0.3, -0.25) is 4.99 Å². The minimum absolute atomic E-state index is 0.269. The van der Waals surface area contributed by atoms with Crippen molar-refractivity contribution in [2.24, 2.45) is 9.98 Å². The summed E-state index contributed by atoms with van der Waals surface area (Å²) in [7, 11) is 0. The molecule has 1 spiro atoms. The van der Waals surface area contributed by atoms with E-state index in [1.807, 2.05) is 0 Å². The van der Waals surface area contributed by atoms with E-state index in [1.165, 1.54) is 18.5 Å². The number of fused-ring (bicyclic) bond motifs is 2. The highest BCUT2D eigenvalue weighted by Crippen LogP contribution is 2.40. The minimum atomic E-state index is -0.490. The van der Waals surface area contributed by atoms with E-state index in [-0.39, 0.29) is 5.82 Å². The van der Waals surface area contributed by atoms with Gasteiger partial charge in [-0.1, -0.05) is 0 Å². The lowest BCUT2D eigenvalue weighted by molar-refractivity contribution is 0.253. The number of aliphatic imine (C=N–C) groups is 2. The molecule has 3 nitrogen and oxygen atoms in total. The zero-order valence-corrected chi connectivity index (χ0v) is 7.98. The van der Waals surface area contributed by atoms with Gasteiger partial charge < -0.3 is 4.74 Å². The Balaban J connectivity index is 2.21. The number of halogens is 1. The zero-order valence-electron chi connectivity index (χ0n) is 7.98. The van der Waals surface area contributed by atoms with Gasteiger partial charge in [-0.15, -0.1) is 0 Å². The summed E-state index contributed by atoms with van der Waals surface area (Å²) in [6, 6.07) is 4.52. The third-order valence-electron chi connectivity index (χ3n) is 2.79. The van der Waals surface area contributed by atoms with Gasteiger partial charge in [-0.2, -0.15) is 0 Å². The zero-order chi connectivity index (χ0) is 10.3. The van der Waals surface area contributed by atoms with Crippen LogP contribution in [0.3, 0.4) is 0 Å². The predicted molar refractivity (Wildman–Crippen MR) is 55.2 cm³/mol. The fourth-order valence-electron chi connectivity index (χ4n) is 2.01. The number of nitrogens with zero attached hydrogens (tertiary/aromatic N) is 2. The van der Waals surface area contributed by atoms with E-state index in [4.69, 9.17) is 4.74 Å². The first-order chi connectivity index (χ1) is 7.30. The summed E-state index contributed by atoms with van der Waals surface area (Å²) in [6.45, 7) is 0.585. The summed E-state index contributed by atoms with van der Waals surface area (Å²) < 4.78 is 18.6. The first kappa shape index (κ1) is 8.59. The van der Waals surface area contributed by atoms with Crippen molar-refractivity contribution in [1.82, 2.24) is 0 Å². The molecule has 0 radical (unpaired) electrons. The van der Waals surface area contributed by atoms with Crippen molar-refractivity contribution in [2.75, 3.05) is 6.61 Å². The van der Waals surface area contributed by atoms with Crippen molar-refractivity contribution in [2.45, 2.75) is 12.0 Å². The smallest absolute Gasteiger partial charge is 0.129 e. The molecule has 0 aromatic heterocycles. The van der Waals surface area contributed by atoms with Crippen LogP contribution in [0.1, 0.15) is 12.0 Å². The second kappa shape index (κ2) is 2.89. The summed E-state index contributed by atoms with van der Waals surface area (Å²) in [4.78, 5) is 8.31. The minimum Gasteiger partial charge on any atom is -0.493 e. The first-order valence-corrected chi connectivity index (χ1v) is 4.81. The molecule has 2 aliphatic rings.